The van der Waals surface area contributed by atoms with Crippen molar-refractivity contribution in [3.63, 3.8) is 0 Å². The van der Waals surface area contributed by atoms with Crippen LogP contribution < -0.4 is 5.32 Å². The molecular weight excluding hydrogens is 341 g/mol. The monoisotopic (exact) mass is 361 g/mol. The largest absolute Gasteiger partial charge is 0.356 e. The van der Waals surface area contributed by atoms with Gasteiger partial charge in [-0.25, -0.2) is 4.39 Å². The number of amidine groups is 1. The molecule has 0 unspecified atom stereocenters. The molecule has 25 heavy (non-hydrogen) atoms. The molecule has 0 saturated carbocycles. The lowest BCUT2D eigenvalue weighted by Crippen LogP contribution is -2.35. The van der Waals surface area contributed by atoms with Crippen LogP contribution in [0.1, 0.15) is 24.5 Å². The number of benzene rings is 1. The molecule has 1 aromatic heterocycles. The second-order valence-electron chi connectivity index (χ2n) is 5.95. The lowest BCUT2D eigenvalue weighted by molar-refractivity contribution is 0.215. The highest BCUT2D eigenvalue weighted by atomic mass is 32.2. The van der Waals surface area contributed by atoms with E-state index in [1.165, 1.54) is 23.9 Å². The standard InChI is InChI=1S/C17H20FN5OS/c1-25-17(21-11-19)20-6-9-23-7-4-12(5-8-23)16-14-3-2-13(18)10-15(14)24-22-16/h2-3,10,12H,4-9H2,1H3,(H,20,21). The van der Waals surface area contributed by atoms with Crippen molar-refractivity contribution in [2.75, 3.05) is 32.4 Å². The number of piperidine rings is 1. The normalized spacial score (nSPS) is 16.9. The minimum atomic E-state index is -0.305. The van der Waals surface area contributed by atoms with Crippen LogP contribution in [0, 0.1) is 17.3 Å². The van der Waals surface area contributed by atoms with E-state index >= 15 is 0 Å². The van der Waals surface area contributed by atoms with E-state index in [2.05, 4.69) is 20.4 Å². The Balaban J connectivity index is 1.54. The zero-order valence-electron chi connectivity index (χ0n) is 14.0. The van der Waals surface area contributed by atoms with E-state index in [1.807, 2.05) is 12.4 Å². The summed E-state index contributed by atoms with van der Waals surface area (Å²) in [5.74, 6) is 0.0366. The Bertz CT molecular complexity index is 792. The maximum absolute atomic E-state index is 13.3. The molecule has 0 amide bonds. The second-order valence-corrected chi connectivity index (χ2v) is 6.75. The van der Waals surface area contributed by atoms with Crippen LogP contribution in [-0.4, -0.2) is 47.7 Å². The number of fused-ring (bicyclic) bond motifs is 1. The van der Waals surface area contributed by atoms with Crippen molar-refractivity contribution in [2.24, 2.45) is 4.99 Å². The average molecular weight is 361 g/mol. The number of rotatable bonds is 4. The summed E-state index contributed by atoms with van der Waals surface area (Å²) < 4.78 is 18.5. The number of hydrogen-bond donors (Lipinski definition) is 1. The molecule has 1 aliphatic rings. The Hall–Kier alpha value is -2.11. The van der Waals surface area contributed by atoms with Gasteiger partial charge < -0.3 is 9.42 Å². The van der Waals surface area contributed by atoms with Crippen molar-refractivity contribution >= 4 is 27.9 Å². The van der Waals surface area contributed by atoms with Crippen molar-refractivity contribution < 1.29 is 8.91 Å². The van der Waals surface area contributed by atoms with Crippen molar-refractivity contribution in [2.45, 2.75) is 18.8 Å². The Morgan fingerprint density at radius 1 is 1.52 bits per heavy atom. The molecule has 2 aromatic rings. The number of thioether (sulfide) groups is 1. The third-order valence-corrected chi connectivity index (χ3v) is 5.08. The molecule has 2 heterocycles. The average Bonchev–Trinajstić information content (AvgIpc) is 3.04. The topological polar surface area (TPSA) is 77.5 Å². The molecule has 1 aliphatic heterocycles. The minimum Gasteiger partial charge on any atom is -0.356 e. The van der Waals surface area contributed by atoms with Gasteiger partial charge >= 0.3 is 0 Å². The number of nitriles is 1. The summed E-state index contributed by atoms with van der Waals surface area (Å²) in [5, 5.41) is 16.9. The van der Waals surface area contributed by atoms with Crippen LogP contribution in [-0.2, 0) is 0 Å². The minimum absolute atomic E-state index is 0.305. The highest BCUT2D eigenvalue weighted by Gasteiger charge is 2.24. The van der Waals surface area contributed by atoms with Gasteiger partial charge in [0.25, 0.3) is 0 Å². The molecule has 132 valence electrons. The number of aliphatic imine (C=N–C) groups is 1. The van der Waals surface area contributed by atoms with Gasteiger partial charge in [-0.3, -0.25) is 10.3 Å². The molecule has 0 atom stereocenters. The fourth-order valence-electron chi connectivity index (χ4n) is 3.15. The van der Waals surface area contributed by atoms with E-state index in [0.717, 1.165) is 43.6 Å². The van der Waals surface area contributed by atoms with Crippen LogP contribution in [0.4, 0.5) is 4.39 Å². The number of likely N-dealkylation sites (tertiary alicyclic amines) is 1. The molecule has 1 aromatic carbocycles. The summed E-state index contributed by atoms with van der Waals surface area (Å²) in [6.45, 7) is 3.47. The van der Waals surface area contributed by atoms with Gasteiger partial charge in [0.1, 0.15) is 5.82 Å². The first-order valence-electron chi connectivity index (χ1n) is 8.22. The predicted octanol–water partition coefficient (Wildman–Crippen LogP) is 2.94. The Morgan fingerprint density at radius 2 is 2.32 bits per heavy atom. The fourth-order valence-corrected chi connectivity index (χ4v) is 3.52. The van der Waals surface area contributed by atoms with Gasteiger partial charge in [-0.05, 0) is 44.3 Å². The quantitative estimate of drug-likeness (QED) is 0.390. The number of nitrogens with zero attached hydrogens (tertiary/aromatic N) is 4. The number of halogens is 1. The van der Waals surface area contributed by atoms with Crippen molar-refractivity contribution in [3.05, 3.63) is 29.7 Å². The first-order valence-corrected chi connectivity index (χ1v) is 9.44. The van der Waals surface area contributed by atoms with E-state index in [0.29, 0.717) is 23.2 Å². The van der Waals surface area contributed by atoms with Gasteiger partial charge in [0.15, 0.2) is 16.9 Å². The number of nitrogens with one attached hydrogen (secondary N) is 1. The Kier molecular flexibility index (Phi) is 5.89. The van der Waals surface area contributed by atoms with Crippen molar-refractivity contribution in [3.8, 4) is 6.19 Å². The van der Waals surface area contributed by atoms with Crippen LogP contribution in [0.3, 0.4) is 0 Å². The van der Waals surface area contributed by atoms with Crippen LogP contribution in [0.25, 0.3) is 11.0 Å². The summed E-state index contributed by atoms with van der Waals surface area (Å²) >= 11 is 1.43. The summed E-state index contributed by atoms with van der Waals surface area (Å²) in [7, 11) is 0. The number of aromatic nitrogens is 1. The summed E-state index contributed by atoms with van der Waals surface area (Å²) in [6.07, 6.45) is 5.77. The van der Waals surface area contributed by atoms with Crippen molar-refractivity contribution in [1.82, 2.24) is 15.4 Å². The maximum atomic E-state index is 13.3. The lowest BCUT2D eigenvalue weighted by Gasteiger charge is -2.30. The van der Waals surface area contributed by atoms with E-state index in [-0.39, 0.29) is 5.82 Å². The smallest absolute Gasteiger partial charge is 0.183 e. The maximum Gasteiger partial charge on any atom is 0.183 e. The predicted molar refractivity (Wildman–Crippen MR) is 96.9 cm³/mol. The third kappa shape index (κ3) is 4.30. The van der Waals surface area contributed by atoms with E-state index in [1.54, 1.807) is 6.07 Å². The molecule has 0 radical (unpaired) electrons. The molecule has 0 spiro atoms. The van der Waals surface area contributed by atoms with Gasteiger partial charge in [-0.15, -0.1) is 0 Å². The molecular formula is C17H20FN5OS. The van der Waals surface area contributed by atoms with Crippen LogP contribution in [0.15, 0.2) is 27.7 Å². The highest BCUT2D eigenvalue weighted by molar-refractivity contribution is 8.13. The van der Waals surface area contributed by atoms with Gasteiger partial charge in [-0.2, -0.15) is 5.26 Å². The zero-order chi connectivity index (χ0) is 17.6. The van der Waals surface area contributed by atoms with Crippen LogP contribution in [0.2, 0.25) is 0 Å². The number of hydrogen-bond acceptors (Lipinski definition) is 6. The zero-order valence-corrected chi connectivity index (χ0v) is 14.9. The van der Waals surface area contributed by atoms with Gasteiger partial charge in [0.2, 0.25) is 0 Å². The molecule has 1 saturated heterocycles. The van der Waals surface area contributed by atoms with Gasteiger partial charge in [0.05, 0.1) is 12.2 Å². The molecule has 8 heteroatoms. The molecule has 0 aliphatic carbocycles. The molecule has 1 N–H and O–H groups in total. The molecule has 6 nitrogen and oxygen atoms in total. The van der Waals surface area contributed by atoms with Gasteiger partial charge in [0, 0.05) is 23.9 Å². The van der Waals surface area contributed by atoms with E-state index in [4.69, 9.17) is 9.78 Å². The highest BCUT2D eigenvalue weighted by Crippen LogP contribution is 2.32. The van der Waals surface area contributed by atoms with E-state index in [9.17, 15) is 4.39 Å². The summed E-state index contributed by atoms with van der Waals surface area (Å²) in [5.41, 5.74) is 1.46. The Labute approximate surface area is 150 Å². The SMILES string of the molecule is CS/C(=N\CCN1CCC(c2noc3cc(F)ccc23)CC1)NC#N. The van der Waals surface area contributed by atoms with E-state index < -0.39 is 0 Å². The van der Waals surface area contributed by atoms with Crippen LogP contribution >= 0.6 is 11.8 Å². The summed E-state index contributed by atoms with van der Waals surface area (Å²) in [4.78, 5) is 6.75. The lowest BCUT2D eigenvalue weighted by atomic mass is 9.91. The molecule has 0 bridgehead atoms. The molecule has 3 rings (SSSR count). The fraction of sp³-hybridized carbons (Fsp3) is 0.471. The molecule has 1 fully saturated rings. The van der Waals surface area contributed by atoms with Crippen molar-refractivity contribution in [1.29, 1.82) is 5.26 Å². The van der Waals surface area contributed by atoms with Crippen LogP contribution in [0.5, 0.6) is 0 Å². The second kappa shape index (κ2) is 8.32. The summed E-state index contributed by atoms with van der Waals surface area (Å²) in [6, 6.07) is 4.59. The Morgan fingerprint density at radius 3 is 3.04 bits per heavy atom. The third-order valence-electron chi connectivity index (χ3n) is 4.46. The first kappa shape index (κ1) is 17.7. The van der Waals surface area contributed by atoms with Gasteiger partial charge in [-0.1, -0.05) is 16.9 Å². The first-order chi connectivity index (χ1) is 12.2.